The molecule has 0 aliphatic carbocycles. The molecule has 3 aromatic rings. The van der Waals surface area contributed by atoms with E-state index in [2.05, 4.69) is 15.5 Å². The summed E-state index contributed by atoms with van der Waals surface area (Å²) < 4.78 is 1.83. The fourth-order valence-corrected chi connectivity index (χ4v) is 1.76. The maximum atomic E-state index is 10.7. The Bertz CT molecular complexity index is 713. The van der Waals surface area contributed by atoms with E-state index < -0.39 is 6.03 Å². The van der Waals surface area contributed by atoms with E-state index in [0.717, 1.165) is 11.0 Å². The SMILES string of the molecule is NC(=O)Nn1ccc(-n2cnc3ccccc32)n1. The maximum absolute atomic E-state index is 10.7. The van der Waals surface area contributed by atoms with Crippen molar-refractivity contribution in [1.82, 2.24) is 19.4 Å². The van der Waals surface area contributed by atoms with E-state index in [0.29, 0.717) is 5.82 Å². The number of urea groups is 1. The topological polar surface area (TPSA) is 90.8 Å². The molecule has 7 nitrogen and oxygen atoms in total. The number of imidazole rings is 1. The largest absolute Gasteiger partial charge is 0.350 e. The van der Waals surface area contributed by atoms with E-state index in [1.807, 2.05) is 28.8 Å². The van der Waals surface area contributed by atoms with Crippen molar-refractivity contribution in [2.45, 2.75) is 0 Å². The molecule has 0 saturated carbocycles. The molecule has 2 heterocycles. The van der Waals surface area contributed by atoms with Crippen LogP contribution in [0.1, 0.15) is 0 Å². The van der Waals surface area contributed by atoms with Crippen LogP contribution in [0.5, 0.6) is 0 Å². The predicted molar refractivity (Wildman–Crippen MR) is 65.8 cm³/mol. The van der Waals surface area contributed by atoms with E-state index in [-0.39, 0.29) is 0 Å². The average molecular weight is 242 g/mol. The Balaban J connectivity index is 2.04. The number of rotatable bonds is 2. The molecule has 0 saturated heterocycles. The number of nitrogens with one attached hydrogen (secondary N) is 1. The lowest BCUT2D eigenvalue weighted by Crippen LogP contribution is -2.28. The van der Waals surface area contributed by atoms with Gasteiger partial charge < -0.3 is 5.73 Å². The minimum absolute atomic E-state index is 0.650. The highest BCUT2D eigenvalue weighted by Crippen LogP contribution is 2.15. The second kappa shape index (κ2) is 3.88. The molecule has 3 rings (SSSR count). The molecule has 0 bridgehead atoms. The molecule has 0 unspecified atom stereocenters. The summed E-state index contributed by atoms with van der Waals surface area (Å²) in [5.74, 6) is 0.650. The Kier molecular flexibility index (Phi) is 2.23. The molecule has 0 spiro atoms. The first kappa shape index (κ1) is 10.3. The zero-order valence-corrected chi connectivity index (χ0v) is 9.32. The number of hydrogen-bond acceptors (Lipinski definition) is 3. The summed E-state index contributed by atoms with van der Waals surface area (Å²) in [6.07, 6.45) is 3.29. The molecule has 0 aliphatic rings. The molecule has 2 aromatic heterocycles. The minimum Gasteiger partial charge on any atom is -0.350 e. The van der Waals surface area contributed by atoms with Gasteiger partial charge in [-0.25, -0.2) is 15.2 Å². The molecule has 0 radical (unpaired) electrons. The number of benzene rings is 1. The lowest BCUT2D eigenvalue weighted by Gasteiger charge is -2.00. The fraction of sp³-hybridized carbons (Fsp3) is 0. The Morgan fingerprint density at radius 1 is 1.28 bits per heavy atom. The number of para-hydroxylation sites is 2. The van der Waals surface area contributed by atoms with Gasteiger partial charge in [-0.05, 0) is 12.1 Å². The van der Waals surface area contributed by atoms with Gasteiger partial charge in [-0.2, -0.15) is 4.79 Å². The van der Waals surface area contributed by atoms with Crippen LogP contribution < -0.4 is 11.2 Å². The van der Waals surface area contributed by atoms with Crippen molar-refractivity contribution in [3.63, 3.8) is 0 Å². The number of carbonyl (C=O) groups is 1. The van der Waals surface area contributed by atoms with Crippen molar-refractivity contribution in [2.75, 3.05) is 5.43 Å². The second-order valence-electron chi connectivity index (χ2n) is 3.70. The highest BCUT2D eigenvalue weighted by atomic mass is 16.2. The number of amides is 2. The van der Waals surface area contributed by atoms with E-state index in [4.69, 9.17) is 5.73 Å². The maximum Gasteiger partial charge on any atom is 0.332 e. The second-order valence-corrected chi connectivity index (χ2v) is 3.70. The third-order valence-electron chi connectivity index (χ3n) is 2.50. The van der Waals surface area contributed by atoms with Crippen molar-refractivity contribution in [1.29, 1.82) is 0 Å². The number of nitrogens with zero attached hydrogens (tertiary/aromatic N) is 4. The van der Waals surface area contributed by atoms with Gasteiger partial charge in [0, 0.05) is 6.07 Å². The van der Waals surface area contributed by atoms with Gasteiger partial charge in [0.25, 0.3) is 0 Å². The van der Waals surface area contributed by atoms with Crippen molar-refractivity contribution >= 4 is 17.1 Å². The monoisotopic (exact) mass is 242 g/mol. The van der Waals surface area contributed by atoms with Gasteiger partial charge in [-0.3, -0.25) is 4.57 Å². The quantitative estimate of drug-likeness (QED) is 0.697. The summed E-state index contributed by atoms with van der Waals surface area (Å²) in [5, 5.41) is 4.17. The molecule has 0 aliphatic heterocycles. The fourth-order valence-electron chi connectivity index (χ4n) is 1.76. The first-order valence-electron chi connectivity index (χ1n) is 5.28. The Morgan fingerprint density at radius 2 is 2.11 bits per heavy atom. The summed E-state index contributed by atoms with van der Waals surface area (Å²) in [7, 11) is 0. The highest BCUT2D eigenvalue weighted by Gasteiger charge is 2.06. The van der Waals surface area contributed by atoms with Gasteiger partial charge in [0.2, 0.25) is 0 Å². The van der Waals surface area contributed by atoms with Crippen LogP contribution >= 0.6 is 0 Å². The van der Waals surface area contributed by atoms with Gasteiger partial charge in [-0.1, -0.05) is 12.1 Å². The molecule has 7 heteroatoms. The van der Waals surface area contributed by atoms with Gasteiger partial charge >= 0.3 is 6.03 Å². The van der Waals surface area contributed by atoms with E-state index in [1.165, 1.54) is 4.79 Å². The number of carbonyl (C=O) groups excluding carboxylic acids is 1. The van der Waals surface area contributed by atoms with Gasteiger partial charge in [0.1, 0.15) is 6.33 Å². The van der Waals surface area contributed by atoms with Crippen LogP contribution in [0.15, 0.2) is 42.9 Å². The van der Waals surface area contributed by atoms with Crippen molar-refractivity contribution in [3.8, 4) is 5.82 Å². The van der Waals surface area contributed by atoms with Crippen LogP contribution in [-0.4, -0.2) is 25.5 Å². The first-order valence-corrected chi connectivity index (χ1v) is 5.28. The highest BCUT2D eigenvalue weighted by molar-refractivity contribution is 5.79. The van der Waals surface area contributed by atoms with Crippen LogP contribution in [0.3, 0.4) is 0 Å². The van der Waals surface area contributed by atoms with E-state index >= 15 is 0 Å². The summed E-state index contributed by atoms with van der Waals surface area (Å²) in [6, 6.07) is 8.81. The lowest BCUT2D eigenvalue weighted by atomic mass is 10.3. The number of primary amides is 1. The number of hydrogen-bond donors (Lipinski definition) is 2. The molecule has 3 N–H and O–H groups in total. The average Bonchev–Trinajstić information content (AvgIpc) is 2.94. The molecule has 0 atom stereocenters. The van der Waals surface area contributed by atoms with Crippen molar-refractivity contribution in [3.05, 3.63) is 42.9 Å². The summed E-state index contributed by atoms with van der Waals surface area (Å²) in [4.78, 5) is 16.2. The number of nitrogens with two attached hydrogens (primary N) is 1. The first-order chi connectivity index (χ1) is 8.74. The molecule has 2 amide bonds. The Labute approximate surface area is 102 Å². The molecule has 1 aromatic carbocycles. The summed E-state index contributed by atoms with van der Waals surface area (Å²) in [6.45, 7) is 0. The Hall–Kier alpha value is -2.83. The normalized spacial score (nSPS) is 10.7. The molecule has 18 heavy (non-hydrogen) atoms. The molecular weight excluding hydrogens is 232 g/mol. The van der Waals surface area contributed by atoms with Crippen molar-refractivity contribution < 1.29 is 4.79 Å². The Morgan fingerprint density at radius 3 is 2.94 bits per heavy atom. The van der Waals surface area contributed by atoms with Crippen LogP contribution in [0.2, 0.25) is 0 Å². The van der Waals surface area contributed by atoms with E-state index in [1.54, 1.807) is 18.6 Å². The molecule has 0 fully saturated rings. The number of aromatic nitrogens is 4. The summed E-state index contributed by atoms with van der Waals surface area (Å²) in [5.41, 5.74) is 9.19. The van der Waals surface area contributed by atoms with Crippen LogP contribution in [-0.2, 0) is 0 Å². The summed E-state index contributed by atoms with van der Waals surface area (Å²) >= 11 is 0. The van der Waals surface area contributed by atoms with Gasteiger partial charge in [-0.15, -0.1) is 5.10 Å². The molecule has 90 valence electrons. The van der Waals surface area contributed by atoms with Crippen molar-refractivity contribution in [2.24, 2.45) is 5.73 Å². The minimum atomic E-state index is -0.667. The third kappa shape index (κ3) is 1.67. The van der Waals surface area contributed by atoms with Gasteiger partial charge in [0.15, 0.2) is 5.82 Å². The predicted octanol–water partition coefficient (Wildman–Crippen LogP) is 0.844. The standard InChI is InChI=1S/C11H10N6O/c12-11(18)15-17-6-5-10(14-17)16-7-13-8-3-1-2-4-9(8)16/h1-7H,(H3,12,15,18). The van der Waals surface area contributed by atoms with Gasteiger partial charge in [0.05, 0.1) is 17.2 Å². The van der Waals surface area contributed by atoms with Crippen LogP contribution in [0, 0.1) is 0 Å². The smallest absolute Gasteiger partial charge is 0.332 e. The van der Waals surface area contributed by atoms with Crippen LogP contribution in [0.4, 0.5) is 4.79 Å². The zero-order chi connectivity index (χ0) is 12.5. The van der Waals surface area contributed by atoms with Crippen LogP contribution in [0.25, 0.3) is 16.9 Å². The third-order valence-corrected chi connectivity index (χ3v) is 2.50. The zero-order valence-electron chi connectivity index (χ0n) is 9.32. The lowest BCUT2D eigenvalue weighted by molar-refractivity contribution is 0.256. The molecular formula is C11H10N6O. The van der Waals surface area contributed by atoms with E-state index in [9.17, 15) is 4.79 Å². The number of fused-ring (bicyclic) bond motifs is 1.